The van der Waals surface area contributed by atoms with Gasteiger partial charge in [0.15, 0.2) is 0 Å². The topological polar surface area (TPSA) is 58.0 Å². The molecule has 11 rings (SSSR count). The third kappa shape index (κ3) is 5.89. The number of nitrogens with one attached hydrogen (secondary N) is 2. The molecule has 0 fully saturated rings. The molecule has 0 radical (unpaired) electrons. The Morgan fingerprint density at radius 1 is 0.466 bits per heavy atom. The Morgan fingerprint density at radius 3 is 1.84 bits per heavy atom. The first-order chi connectivity index (χ1) is 28.7. The summed E-state index contributed by atoms with van der Waals surface area (Å²) in [5.41, 5.74) is 15.2. The van der Waals surface area contributed by atoms with Gasteiger partial charge in [0.1, 0.15) is 12.0 Å². The maximum atomic E-state index is 5.39. The summed E-state index contributed by atoms with van der Waals surface area (Å²) in [7, 11) is 0. The standard InChI is InChI=1S/C53H37N5/c1-4-14-35(15-5-1)36-26-28-37(29-27-36)47-34-48(56-52(55-47)38-16-6-2-7-17-38)42-22-12-20-40(32-42)41-21-13-23-43(33-41)58-51-45-25-11-10-24-44(45)49-46(30-31-54-49)50(51)57-53(58)39-18-8-3-9-19-39/h1-34,52,54,56H. The highest BCUT2D eigenvalue weighted by Crippen LogP contribution is 2.39. The van der Waals surface area contributed by atoms with Crippen LogP contribution < -0.4 is 5.32 Å². The second-order valence-electron chi connectivity index (χ2n) is 14.8. The molecule has 1 aliphatic rings. The lowest BCUT2D eigenvalue weighted by Gasteiger charge is -2.25. The molecule has 3 heterocycles. The Bertz CT molecular complexity index is 3170. The van der Waals surface area contributed by atoms with Gasteiger partial charge < -0.3 is 10.3 Å². The van der Waals surface area contributed by atoms with Gasteiger partial charge in [0.25, 0.3) is 0 Å². The van der Waals surface area contributed by atoms with Crippen LogP contribution in [0.2, 0.25) is 0 Å². The van der Waals surface area contributed by atoms with E-state index in [1.54, 1.807) is 0 Å². The molecular formula is C53H37N5. The minimum atomic E-state index is -0.232. The Labute approximate surface area is 336 Å². The number of hydrogen-bond donors (Lipinski definition) is 2. The number of H-pyrrole nitrogens is 1. The van der Waals surface area contributed by atoms with Gasteiger partial charge in [-0.2, -0.15) is 0 Å². The molecule has 2 aromatic heterocycles. The molecule has 10 aromatic rings. The van der Waals surface area contributed by atoms with Crippen LogP contribution in [0.25, 0.3) is 77.7 Å². The number of hydrogen-bond acceptors (Lipinski definition) is 3. The van der Waals surface area contributed by atoms with Crippen LogP contribution >= 0.6 is 0 Å². The average molecular weight is 744 g/mol. The van der Waals surface area contributed by atoms with E-state index in [1.165, 1.54) is 16.5 Å². The molecule has 5 heteroatoms. The van der Waals surface area contributed by atoms with Crippen molar-refractivity contribution in [2.24, 2.45) is 4.99 Å². The van der Waals surface area contributed by atoms with Crippen molar-refractivity contribution in [1.82, 2.24) is 19.9 Å². The van der Waals surface area contributed by atoms with E-state index in [0.717, 1.165) is 83.6 Å². The molecule has 0 saturated carbocycles. The van der Waals surface area contributed by atoms with Gasteiger partial charge in [-0.1, -0.05) is 170 Å². The molecular weight excluding hydrogens is 707 g/mol. The first-order valence-corrected chi connectivity index (χ1v) is 19.7. The van der Waals surface area contributed by atoms with Gasteiger partial charge in [-0.25, -0.2) is 4.98 Å². The minimum absolute atomic E-state index is 0.232. The summed E-state index contributed by atoms with van der Waals surface area (Å²) in [6.45, 7) is 0. The second-order valence-corrected chi connectivity index (χ2v) is 14.8. The quantitative estimate of drug-likeness (QED) is 0.171. The molecule has 0 amide bonds. The molecule has 58 heavy (non-hydrogen) atoms. The lowest BCUT2D eigenvalue weighted by molar-refractivity contribution is 0.664. The van der Waals surface area contributed by atoms with Crippen LogP contribution in [0.4, 0.5) is 0 Å². The van der Waals surface area contributed by atoms with Crippen molar-refractivity contribution in [3.63, 3.8) is 0 Å². The number of aromatic nitrogens is 3. The summed E-state index contributed by atoms with van der Waals surface area (Å²) in [6.07, 6.45) is 3.97. The van der Waals surface area contributed by atoms with E-state index in [1.807, 2.05) is 12.3 Å². The Balaban J connectivity index is 1.02. The monoisotopic (exact) mass is 743 g/mol. The summed E-state index contributed by atoms with van der Waals surface area (Å²) in [6, 6.07) is 68.6. The van der Waals surface area contributed by atoms with E-state index in [2.05, 4.69) is 209 Å². The second kappa shape index (κ2) is 14.1. The molecule has 1 atom stereocenters. The number of benzene rings is 8. The van der Waals surface area contributed by atoms with Gasteiger partial charge in [-0.15, -0.1) is 0 Å². The smallest absolute Gasteiger partial charge is 0.145 e. The zero-order valence-corrected chi connectivity index (χ0v) is 31.5. The van der Waals surface area contributed by atoms with E-state index < -0.39 is 0 Å². The largest absolute Gasteiger partial charge is 0.361 e. The molecule has 5 nitrogen and oxygen atoms in total. The van der Waals surface area contributed by atoms with E-state index in [0.29, 0.717) is 0 Å². The summed E-state index contributed by atoms with van der Waals surface area (Å²) in [4.78, 5) is 14.1. The average Bonchev–Trinajstić information content (AvgIpc) is 3.97. The molecule has 2 N–H and O–H groups in total. The van der Waals surface area contributed by atoms with Crippen molar-refractivity contribution in [1.29, 1.82) is 0 Å². The zero-order valence-electron chi connectivity index (χ0n) is 31.5. The fourth-order valence-corrected chi connectivity index (χ4v) is 8.39. The van der Waals surface area contributed by atoms with E-state index in [-0.39, 0.29) is 6.17 Å². The predicted octanol–water partition coefficient (Wildman–Crippen LogP) is 12.8. The number of imidazole rings is 1. The molecule has 0 saturated heterocycles. The van der Waals surface area contributed by atoms with Gasteiger partial charge in [-0.05, 0) is 69.3 Å². The molecule has 0 aliphatic carbocycles. The van der Waals surface area contributed by atoms with Gasteiger partial charge in [0.05, 0.1) is 22.3 Å². The van der Waals surface area contributed by atoms with Gasteiger partial charge in [-0.3, -0.25) is 9.56 Å². The summed E-state index contributed by atoms with van der Waals surface area (Å²) in [5.74, 6) is 0.910. The number of fused-ring (bicyclic) bond motifs is 6. The van der Waals surface area contributed by atoms with Crippen molar-refractivity contribution in [3.05, 3.63) is 223 Å². The lowest BCUT2D eigenvalue weighted by Crippen LogP contribution is -2.24. The molecule has 0 spiro atoms. The maximum absolute atomic E-state index is 5.39. The summed E-state index contributed by atoms with van der Waals surface area (Å²) in [5, 5.41) is 7.22. The van der Waals surface area contributed by atoms with Crippen molar-refractivity contribution in [2.75, 3.05) is 0 Å². The highest BCUT2D eigenvalue weighted by molar-refractivity contribution is 6.23. The Morgan fingerprint density at radius 2 is 1.07 bits per heavy atom. The molecule has 1 unspecified atom stereocenters. The van der Waals surface area contributed by atoms with Gasteiger partial charge >= 0.3 is 0 Å². The minimum Gasteiger partial charge on any atom is -0.361 e. The number of rotatable bonds is 7. The lowest BCUT2D eigenvalue weighted by atomic mass is 9.97. The predicted molar refractivity (Wildman–Crippen MR) is 240 cm³/mol. The molecule has 1 aliphatic heterocycles. The fraction of sp³-hybridized carbons (Fsp3) is 0.0189. The number of allylic oxidation sites excluding steroid dienone is 1. The van der Waals surface area contributed by atoms with Crippen molar-refractivity contribution in [2.45, 2.75) is 6.17 Å². The van der Waals surface area contributed by atoms with Crippen LogP contribution in [0.5, 0.6) is 0 Å². The van der Waals surface area contributed by atoms with Gasteiger partial charge in [0, 0.05) is 39.3 Å². The van der Waals surface area contributed by atoms with E-state index in [4.69, 9.17) is 9.98 Å². The Kier molecular flexibility index (Phi) is 8.14. The first-order valence-electron chi connectivity index (χ1n) is 19.7. The molecule has 0 bridgehead atoms. The van der Waals surface area contributed by atoms with Crippen LogP contribution in [-0.2, 0) is 0 Å². The SMILES string of the molecule is C1=C(c2cccc(-c3cccc(-n4c(-c5ccccc5)nc5c6cc[nH]c6c6ccccc6c54)c3)c2)NC(c2ccccc2)N=C1c1ccc(-c2ccccc2)cc1. The van der Waals surface area contributed by atoms with E-state index in [9.17, 15) is 0 Å². The van der Waals surface area contributed by atoms with Crippen LogP contribution in [0, 0.1) is 0 Å². The first kappa shape index (κ1) is 33.6. The van der Waals surface area contributed by atoms with E-state index >= 15 is 0 Å². The van der Waals surface area contributed by atoms with Crippen molar-refractivity contribution in [3.8, 4) is 39.3 Å². The van der Waals surface area contributed by atoms with Crippen LogP contribution in [0.1, 0.15) is 22.9 Å². The Hall–Kier alpha value is -7.76. The number of aromatic amines is 1. The third-order valence-electron chi connectivity index (χ3n) is 11.2. The van der Waals surface area contributed by atoms with Crippen LogP contribution in [-0.4, -0.2) is 20.2 Å². The van der Waals surface area contributed by atoms with Crippen LogP contribution in [0.15, 0.2) is 211 Å². The molecule has 8 aromatic carbocycles. The zero-order chi connectivity index (χ0) is 38.4. The highest BCUT2D eigenvalue weighted by Gasteiger charge is 2.22. The van der Waals surface area contributed by atoms with Crippen molar-refractivity contribution < 1.29 is 0 Å². The number of aliphatic imine (C=N–C) groups is 1. The maximum Gasteiger partial charge on any atom is 0.145 e. The van der Waals surface area contributed by atoms with Crippen LogP contribution in [0.3, 0.4) is 0 Å². The normalized spacial score (nSPS) is 14.0. The summed E-state index contributed by atoms with van der Waals surface area (Å²) >= 11 is 0. The third-order valence-corrected chi connectivity index (χ3v) is 11.2. The highest BCUT2D eigenvalue weighted by atomic mass is 15.1. The summed E-state index contributed by atoms with van der Waals surface area (Å²) < 4.78 is 2.34. The number of nitrogens with zero attached hydrogens (tertiary/aromatic N) is 3. The fourth-order valence-electron chi connectivity index (χ4n) is 8.39. The molecule has 274 valence electrons. The van der Waals surface area contributed by atoms with Crippen molar-refractivity contribution >= 4 is 44.1 Å². The van der Waals surface area contributed by atoms with Gasteiger partial charge in [0.2, 0.25) is 0 Å².